The molecule has 0 spiro atoms. The number of sulfonamides is 1. The molecule has 8 heteroatoms. The molecular weight excluding hydrogens is 308 g/mol. The minimum absolute atomic E-state index is 0.158. The van der Waals surface area contributed by atoms with E-state index in [-0.39, 0.29) is 11.4 Å². The SMILES string of the molecule is CCCNc1ccncc1S(=O)(=O)NCc1csc(C)n1. The van der Waals surface area contributed by atoms with E-state index >= 15 is 0 Å². The molecule has 0 saturated heterocycles. The molecule has 6 nitrogen and oxygen atoms in total. The Kier molecular flexibility index (Phi) is 5.27. The topological polar surface area (TPSA) is 84.0 Å². The van der Waals surface area contributed by atoms with E-state index in [1.807, 2.05) is 19.2 Å². The van der Waals surface area contributed by atoms with Crippen LogP contribution in [0.15, 0.2) is 28.7 Å². The van der Waals surface area contributed by atoms with E-state index in [1.165, 1.54) is 17.5 Å². The molecule has 2 rings (SSSR count). The number of hydrogen-bond acceptors (Lipinski definition) is 6. The number of hydrogen-bond donors (Lipinski definition) is 2. The highest BCUT2D eigenvalue weighted by Crippen LogP contribution is 2.19. The van der Waals surface area contributed by atoms with Gasteiger partial charge >= 0.3 is 0 Å². The molecule has 0 aliphatic rings. The highest BCUT2D eigenvalue weighted by molar-refractivity contribution is 7.89. The molecule has 0 unspecified atom stereocenters. The number of aryl methyl sites for hydroxylation is 1. The number of nitrogens with zero attached hydrogens (tertiary/aromatic N) is 2. The van der Waals surface area contributed by atoms with Gasteiger partial charge in [0, 0.05) is 24.3 Å². The Labute approximate surface area is 128 Å². The third-order valence-corrected chi connectivity index (χ3v) is 5.00. The summed E-state index contributed by atoms with van der Waals surface area (Å²) in [4.78, 5) is 8.30. The molecule has 0 aliphatic heterocycles. The lowest BCUT2D eigenvalue weighted by atomic mass is 10.4. The number of anilines is 1. The molecule has 0 radical (unpaired) electrons. The number of nitrogens with one attached hydrogen (secondary N) is 2. The Balaban J connectivity index is 2.15. The van der Waals surface area contributed by atoms with Crippen molar-refractivity contribution in [2.75, 3.05) is 11.9 Å². The maximum atomic E-state index is 12.4. The molecule has 114 valence electrons. The van der Waals surface area contributed by atoms with Crippen molar-refractivity contribution in [2.45, 2.75) is 31.7 Å². The number of aromatic nitrogens is 2. The zero-order valence-electron chi connectivity index (χ0n) is 12.0. The van der Waals surface area contributed by atoms with Crippen molar-refractivity contribution in [3.05, 3.63) is 34.5 Å². The third-order valence-electron chi connectivity index (χ3n) is 2.75. The van der Waals surface area contributed by atoms with Crippen LogP contribution in [0, 0.1) is 6.92 Å². The molecule has 2 aromatic heterocycles. The smallest absolute Gasteiger partial charge is 0.244 e. The highest BCUT2D eigenvalue weighted by Gasteiger charge is 2.18. The summed E-state index contributed by atoms with van der Waals surface area (Å²) >= 11 is 1.49. The van der Waals surface area contributed by atoms with Gasteiger partial charge in [0.25, 0.3) is 0 Å². The lowest BCUT2D eigenvalue weighted by Gasteiger charge is -2.11. The zero-order chi connectivity index (χ0) is 15.3. The van der Waals surface area contributed by atoms with Gasteiger partial charge in [-0.15, -0.1) is 11.3 Å². The van der Waals surface area contributed by atoms with Crippen molar-refractivity contribution in [1.29, 1.82) is 0 Å². The lowest BCUT2D eigenvalue weighted by molar-refractivity contribution is 0.580. The summed E-state index contributed by atoms with van der Waals surface area (Å²) in [6.45, 7) is 4.79. The van der Waals surface area contributed by atoms with Gasteiger partial charge in [-0.05, 0) is 19.4 Å². The average Bonchev–Trinajstić information content (AvgIpc) is 2.89. The van der Waals surface area contributed by atoms with Crippen LogP contribution in [0.4, 0.5) is 5.69 Å². The minimum Gasteiger partial charge on any atom is -0.384 e. The lowest BCUT2D eigenvalue weighted by Crippen LogP contribution is -2.24. The molecule has 0 aliphatic carbocycles. The van der Waals surface area contributed by atoms with E-state index in [0.717, 1.165) is 11.4 Å². The maximum Gasteiger partial charge on any atom is 0.244 e. The van der Waals surface area contributed by atoms with Gasteiger partial charge in [0.15, 0.2) is 0 Å². The molecule has 0 atom stereocenters. The van der Waals surface area contributed by atoms with E-state index < -0.39 is 10.0 Å². The van der Waals surface area contributed by atoms with Gasteiger partial charge in [0.1, 0.15) is 4.90 Å². The van der Waals surface area contributed by atoms with Gasteiger partial charge < -0.3 is 5.32 Å². The van der Waals surface area contributed by atoms with Gasteiger partial charge in [0.2, 0.25) is 10.0 Å². The van der Waals surface area contributed by atoms with Crippen molar-refractivity contribution < 1.29 is 8.42 Å². The van der Waals surface area contributed by atoms with Crippen molar-refractivity contribution in [3.63, 3.8) is 0 Å². The Hall–Kier alpha value is -1.51. The Bertz CT molecular complexity index is 698. The number of rotatable bonds is 7. The molecule has 0 aromatic carbocycles. The minimum atomic E-state index is -3.62. The van der Waals surface area contributed by atoms with Crippen LogP contribution in [0.2, 0.25) is 0 Å². The van der Waals surface area contributed by atoms with Crippen molar-refractivity contribution >= 4 is 27.0 Å². The van der Waals surface area contributed by atoms with Crippen LogP contribution < -0.4 is 10.0 Å². The molecule has 0 amide bonds. The van der Waals surface area contributed by atoms with Crippen LogP contribution in [0.5, 0.6) is 0 Å². The monoisotopic (exact) mass is 326 g/mol. The van der Waals surface area contributed by atoms with Crippen molar-refractivity contribution in [3.8, 4) is 0 Å². The van der Waals surface area contributed by atoms with E-state index in [1.54, 1.807) is 12.3 Å². The predicted molar refractivity (Wildman–Crippen MR) is 83.9 cm³/mol. The zero-order valence-corrected chi connectivity index (χ0v) is 13.6. The van der Waals surface area contributed by atoms with Gasteiger partial charge in [-0.25, -0.2) is 18.1 Å². The normalized spacial score (nSPS) is 11.5. The number of pyridine rings is 1. The van der Waals surface area contributed by atoms with E-state index in [0.29, 0.717) is 17.9 Å². The Morgan fingerprint density at radius 3 is 2.86 bits per heavy atom. The summed E-state index contributed by atoms with van der Waals surface area (Å²) in [6.07, 6.45) is 3.83. The second-order valence-electron chi connectivity index (χ2n) is 4.48. The molecule has 0 fully saturated rings. The summed E-state index contributed by atoms with van der Waals surface area (Å²) in [6, 6.07) is 1.66. The molecule has 2 heterocycles. The third kappa shape index (κ3) is 4.23. The summed E-state index contributed by atoms with van der Waals surface area (Å²) < 4.78 is 27.3. The van der Waals surface area contributed by atoms with Gasteiger partial charge in [-0.3, -0.25) is 4.98 Å². The first-order valence-electron chi connectivity index (χ1n) is 6.61. The summed E-state index contributed by atoms with van der Waals surface area (Å²) in [5.74, 6) is 0. The van der Waals surface area contributed by atoms with E-state index in [9.17, 15) is 8.42 Å². The first-order chi connectivity index (χ1) is 10.0. The van der Waals surface area contributed by atoms with E-state index in [4.69, 9.17) is 0 Å². The van der Waals surface area contributed by atoms with Gasteiger partial charge in [0.05, 0.1) is 22.9 Å². The van der Waals surface area contributed by atoms with Crippen molar-refractivity contribution in [1.82, 2.24) is 14.7 Å². The van der Waals surface area contributed by atoms with Crippen LogP contribution in [-0.2, 0) is 16.6 Å². The molecular formula is C13H18N4O2S2. The molecule has 0 saturated carbocycles. The predicted octanol–water partition coefficient (Wildman–Crippen LogP) is 2.15. The van der Waals surface area contributed by atoms with Crippen molar-refractivity contribution in [2.24, 2.45) is 0 Å². The van der Waals surface area contributed by atoms with Gasteiger partial charge in [-0.2, -0.15) is 0 Å². The second kappa shape index (κ2) is 6.97. The molecule has 21 heavy (non-hydrogen) atoms. The molecule has 2 aromatic rings. The van der Waals surface area contributed by atoms with Crippen LogP contribution in [0.1, 0.15) is 24.0 Å². The Morgan fingerprint density at radius 1 is 1.38 bits per heavy atom. The van der Waals surface area contributed by atoms with Crippen LogP contribution in [-0.4, -0.2) is 24.9 Å². The highest BCUT2D eigenvalue weighted by atomic mass is 32.2. The largest absolute Gasteiger partial charge is 0.384 e. The van der Waals surface area contributed by atoms with E-state index in [2.05, 4.69) is 20.0 Å². The first kappa shape index (κ1) is 15.9. The summed E-state index contributed by atoms with van der Waals surface area (Å²) in [7, 11) is -3.62. The number of thiazole rings is 1. The van der Waals surface area contributed by atoms with Crippen LogP contribution in [0.25, 0.3) is 0 Å². The second-order valence-corrected chi connectivity index (χ2v) is 7.28. The summed E-state index contributed by atoms with van der Waals surface area (Å²) in [5, 5.41) is 5.86. The molecule has 2 N–H and O–H groups in total. The quantitative estimate of drug-likeness (QED) is 0.814. The average molecular weight is 326 g/mol. The molecule has 0 bridgehead atoms. The fraction of sp³-hybridized carbons (Fsp3) is 0.385. The van der Waals surface area contributed by atoms with Gasteiger partial charge in [-0.1, -0.05) is 6.92 Å². The Morgan fingerprint density at radius 2 is 2.19 bits per heavy atom. The maximum absolute atomic E-state index is 12.4. The first-order valence-corrected chi connectivity index (χ1v) is 8.97. The summed E-state index contributed by atoms with van der Waals surface area (Å²) in [5.41, 5.74) is 1.28. The fourth-order valence-electron chi connectivity index (χ4n) is 1.74. The van der Waals surface area contributed by atoms with Crippen LogP contribution >= 0.6 is 11.3 Å². The fourth-order valence-corrected chi connectivity index (χ4v) is 3.47. The van der Waals surface area contributed by atoms with Crippen LogP contribution in [0.3, 0.4) is 0 Å². The standard InChI is InChI=1S/C13H18N4O2S2/c1-3-5-15-12-4-6-14-8-13(12)21(18,19)16-7-11-9-20-10(2)17-11/h4,6,8-9,16H,3,5,7H2,1-2H3,(H,14,15).